The van der Waals surface area contributed by atoms with Crippen LogP contribution >= 0.6 is 0 Å². The van der Waals surface area contributed by atoms with Crippen molar-refractivity contribution >= 4 is 5.95 Å². The van der Waals surface area contributed by atoms with Crippen molar-refractivity contribution < 1.29 is 0 Å². The van der Waals surface area contributed by atoms with E-state index in [0.29, 0.717) is 12.4 Å². The van der Waals surface area contributed by atoms with Crippen LogP contribution in [0.15, 0.2) is 0 Å². The SMILES string of the molecule is C#CCC(C)Nc1nnc(CC)c(CC)n1. The lowest BCUT2D eigenvalue weighted by molar-refractivity contribution is 0.771. The predicted octanol–water partition coefficient (Wildman–Crippen LogP) is 1.82. The van der Waals surface area contributed by atoms with Crippen LogP contribution in [0.3, 0.4) is 0 Å². The first kappa shape index (κ1) is 12.4. The van der Waals surface area contributed by atoms with Crippen LogP contribution in [-0.2, 0) is 12.8 Å². The third-order valence-corrected chi connectivity index (χ3v) is 2.31. The van der Waals surface area contributed by atoms with Crippen molar-refractivity contribution in [1.82, 2.24) is 15.2 Å². The van der Waals surface area contributed by atoms with E-state index in [-0.39, 0.29) is 6.04 Å². The fourth-order valence-electron chi connectivity index (χ4n) is 1.45. The van der Waals surface area contributed by atoms with Crippen molar-refractivity contribution in [3.8, 4) is 12.3 Å². The molecular formula is C12H18N4. The van der Waals surface area contributed by atoms with Crippen LogP contribution in [-0.4, -0.2) is 21.2 Å². The van der Waals surface area contributed by atoms with Crippen LogP contribution in [0.1, 0.15) is 38.6 Å². The highest BCUT2D eigenvalue weighted by Gasteiger charge is 2.07. The van der Waals surface area contributed by atoms with Gasteiger partial charge in [0.2, 0.25) is 5.95 Å². The molecule has 16 heavy (non-hydrogen) atoms. The van der Waals surface area contributed by atoms with E-state index in [4.69, 9.17) is 6.42 Å². The molecule has 0 radical (unpaired) electrons. The van der Waals surface area contributed by atoms with E-state index in [1.54, 1.807) is 0 Å². The van der Waals surface area contributed by atoms with Crippen LogP contribution in [0.25, 0.3) is 0 Å². The van der Waals surface area contributed by atoms with E-state index in [0.717, 1.165) is 24.2 Å². The minimum Gasteiger partial charge on any atom is -0.350 e. The first-order chi connectivity index (χ1) is 7.71. The summed E-state index contributed by atoms with van der Waals surface area (Å²) in [7, 11) is 0. The second kappa shape index (κ2) is 6.06. The number of hydrogen-bond acceptors (Lipinski definition) is 4. The molecule has 0 spiro atoms. The van der Waals surface area contributed by atoms with E-state index < -0.39 is 0 Å². The number of aryl methyl sites for hydroxylation is 2. The fourth-order valence-corrected chi connectivity index (χ4v) is 1.45. The minimum atomic E-state index is 0.170. The summed E-state index contributed by atoms with van der Waals surface area (Å²) < 4.78 is 0. The van der Waals surface area contributed by atoms with Gasteiger partial charge in [0.05, 0.1) is 11.4 Å². The minimum absolute atomic E-state index is 0.170. The molecule has 0 amide bonds. The van der Waals surface area contributed by atoms with Gasteiger partial charge in [-0.05, 0) is 19.8 Å². The summed E-state index contributed by atoms with van der Waals surface area (Å²) in [5.41, 5.74) is 1.98. The van der Waals surface area contributed by atoms with Gasteiger partial charge >= 0.3 is 0 Å². The molecule has 1 N–H and O–H groups in total. The lowest BCUT2D eigenvalue weighted by atomic mass is 10.2. The van der Waals surface area contributed by atoms with Crippen molar-refractivity contribution in [3.63, 3.8) is 0 Å². The molecule has 0 saturated heterocycles. The fraction of sp³-hybridized carbons (Fsp3) is 0.583. The highest BCUT2D eigenvalue weighted by molar-refractivity contribution is 5.27. The molecule has 0 aliphatic carbocycles. The largest absolute Gasteiger partial charge is 0.350 e. The van der Waals surface area contributed by atoms with Gasteiger partial charge < -0.3 is 5.32 Å². The molecule has 1 rings (SSSR count). The number of anilines is 1. The molecular weight excluding hydrogens is 200 g/mol. The van der Waals surface area contributed by atoms with Gasteiger partial charge in [-0.2, -0.15) is 5.10 Å². The standard InChI is InChI=1S/C12H18N4/c1-5-8-9(4)13-12-14-10(6-2)11(7-3)15-16-12/h1,9H,6-8H2,2-4H3,(H,13,14,16). The van der Waals surface area contributed by atoms with Crippen molar-refractivity contribution in [3.05, 3.63) is 11.4 Å². The summed E-state index contributed by atoms with van der Waals surface area (Å²) in [6.07, 6.45) is 7.63. The zero-order valence-corrected chi connectivity index (χ0v) is 10.1. The highest BCUT2D eigenvalue weighted by Crippen LogP contribution is 2.08. The average molecular weight is 218 g/mol. The van der Waals surface area contributed by atoms with Gasteiger partial charge in [-0.15, -0.1) is 17.4 Å². The van der Waals surface area contributed by atoms with Gasteiger partial charge in [0.15, 0.2) is 0 Å². The summed E-state index contributed by atoms with van der Waals surface area (Å²) in [6, 6.07) is 0.170. The zero-order valence-electron chi connectivity index (χ0n) is 10.1. The van der Waals surface area contributed by atoms with Gasteiger partial charge in [-0.3, -0.25) is 0 Å². The Labute approximate surface area is 96.9 Å². The van der Waals surface area contributed by atoms with Crippen LogP contribution in [0.5, 0.6) is 0 Å². The molecule has 0 aliphatic rings. The first-order valence-electron chi connectivity index (χ1n) is 5.63. The molecule has 1 atom stereocenters. The molecule has 0 aliphatic heterocycles. The number of terminal acetylenes is 1. The molecule has 1 unspecified atom stereocenters. The molecule has 4 heteroatoms. The summed E-state index contributed by atoms with van der Waals surface area (Å²) >= 11 is 0. The average Bonchev–Trinajstić information content (AvgIpc) is 2.29. The maximum atomic E-state index is 5.24. The predicted molar refractivity (Wildman–Crippen MR) is 65.1 cm³/mol. The molecule has 1 heterocycles. The Morgan fingerprint density at radius 3 is 2.50 bits per heavy atom. The number of aromatic nitrogens is 3. The summed E-state index contributed by atoms with van der Waals surface area (Å²) in [5, 5.41) is 11.3. The van der Waals surface area contributed by atoms with Crippen LogP contribution in [0, 0.1) is 12.3 Å². The Kier molecular flexibility index (Phi) is 4.71. The van der Waals surface area contributed by atoms with Crippen molar-refractivity contribution in [2.45, 2.75) is 46.1 Å². The number of nitrogens with one attached hydrogen (secondary N) is 1. The Morgan fingerprint density at radius 1 is 1.25 bits per heavy atom. The van der Waals surface area contributed by atoms with Crippen molar-refractivity contribution in [2.24, 2.45) is 0 Å². The third-order valence-electron chi connectivity index (χ3n) is 2.31. The summed E-state index contributed by atoms with van der Waals surface area (Å²) in [4.78, 5) is 4.43. The maximum absolute atomic E-state index is 5.24. The normalized spacial score (nSPS) is 11.9. The Balaban J connectivity index is 2.79. The van der Waals surface area contributed by atoms with Crippen molar-refractivity contribution in [2.75, 3.05) is 5.32 Å². The molecule has 1 aromatic rings. The number of nitrogens with zero attached hydrogens (tertiary/aromatic N) is 3. The highest BCUT2D eigenvalue weighted by atomic mass is 15.2. The molecule has 86 valence electrons. The lowest BCUT2D eigenvalue weighted by Crippen LogP contribution is -2.18. The Bertz CT molecular complexity index is 381. The molecule has 1 aromatic heterocycles. The number of hydrogen-bond donors (Lipinski definition) is 1. The third kappa shape index (κ3) is 3.20. The van der Waals surface area contributed by atoms with Crippen LogP contribution in [0.4, 0.5) is 5.95 Å². The molecule has 0 saturated carbocycles. The van der Waals surface area contributed by atoms with Crippen LogP contribution in [0.2, 0.25) is 0 Å². The Morgan fingerprint density at radius 2 is 1.94 bits per heavy atom. The van der Waals surface area contributed by atoms with Crippen LogP contribution < -0.4 is 5.32 Å². The zero-order chi connectivity index (χ0) is 12.0. The topological polar surface area (TPSA) is 50.7 Å². The first-order valence-corrected chi connectivity index (χ1v) is 5.63. The quantitative estimate of drug-likeness (QED) is 0.766. The molecule has 0 bridgehead atoms. The Hall–Kier alpha value is -1.63. The summed E-state index contributed by atoms with van der Waals surface area (Å²) in [5.74, 6) is 3.17. The maximum Gasteiger partial charge on any atom is 0.243 e. The monoisotopic (exact) mass is 218 g/mol. The van der Waals surface area contributed by atoms with Gasteiger partial charge in [0.25, 0.3) is 0 Å². The number of rotatable bonds is 5. The molecule has 4 nitrogen and oxygen atoms in total. The van der Waals surface area contributed by atoms with E-state index in [1.807, 2.05) is 6.92 Å². The second-order valence-electron chi connectivity index (χ2n) is 3.69. The van der Waals surface area contributed by atoms with E-state index in [9.17, 15) is 0 Å². The summed E-state index contributed by atoms with van der Waals surface area (Å²) in [6.45, 7) is 6.12. The van der Waals surface area contributed by atoms with E-state index in [1.165, 1.54) is 0 Å². The van der Waals surface area contributed by atoms with E-state index >= 15 is 0 Å². The molecule has 0 aromatic carbocycles. The lowest BCUT2D eigenvalue weighted by Gasteiger charge is -2.11. The van der Waals surface area contributed by atoms with Gasteiger partial charge in [0.1, 0.15) is 0 Å². The van der Waals surface area contributed by atoms with Gasteiger partial charge in [-0.1, -0.05) is 13.8 Å². The van der Waals surface area contributed by atoms with Crippen molar-refractivity contribution in [1.29, 1.82) is 0 Å². The van der Waals surface area contributed by atoms with E-state index in [2.05, 4.69) is 40.3 Å². The second-order valence-corrected chi connectivity index (χ2v) is 3.69. The molecule has 0 fully saturated rings. The van der Waals surface area contributed by atoms with Gasteiger partial charge in [-0.25, -0.2) is 4.98 Å². The smallest absolute Gasteiger partial charge is 0.243 e. The van der Waals surface area contributed by atoms with Gasteiger partial charge in [0, 0.05) is 12.5 Å².